The lowest BCUT2D eigenvalue weighted by molar-refractivity contribution is 0.412. The molecule has 0 aliphatic carbocycles. The number of rotatable bonds is 5. The Morgan fingerprint density at radius 1 is 0.923 bits per heavy atom. The van der Waals surface area contributed by atoms with Crippen LogP contribution in [0.15, 0.2) is 73.1 Å². The molecule has 3 rings (SSSR count). The van der Waals surface area contributed by atoms with Crippen LogP contribution in [0.4, 0.5) is 5.69 Å². The summed E-state index contributed by atoms with van der Waals surface area (Å²) in [6.45, 7) is 5.67. The molecule has 0 aliphatic rings. The van der Waals surface area contributed by atoms with Gasteiger partial charge in [0.05, 0.1) is 0 Å². The molecule has 132 valence electrons. The van der Waals surface area contributed by atoms with Crippen molar-refractivity contribution in [2.24, 2.45) is 0 Å². The first kappa shape index (κ1) is 18.1. The third-order valence-electron chi connectivity index (χ3n) is 4.36. The summed E-state index contributed by atoms with van der Waals surface area (Å²) in [5.74, 6) is 0. The number of aromatic nitrogens is 1. The second-order valence-electron chi connectivity index (χ2n) is 6.43. The number of anilines is 1. The highest BCUT2D eigenvalue weighted by atomic mass is 32.1. The van der Waals surface area contributed by atoms with Crippen LogP contribution in [0.25, 0.3) is 0 Å². The minimum Gasteiger partial charge on any atom is -0.340 e. The lowest BCUT2D eigenvalue weighted by atomic mass is 10.1. The largest absolute Gasteiger partial charge is 0.340 e. The minimum absolute atomic E-state index is 0.708. The average molecular weight is 362 g/mol. The first-order chi connectivity index (χ1) is 12.6. The molecule has 0 radical (unpaired) electrons. The molecule has 1 N–H and O–H groups in total. The monoisotopic (exact) mass is 361 g/mol. The van der Waals surface area contributed by atoms with Gasteiger partial charge >= 0.3 is 0 Å². The second kappa shape index (κ2) is 8.59. The van der Waals surface area contributed by atoms with Crippen molar-refractivity contribution >= 4 is 23.0 Å². The summed E-state index contributed by atoms with van der Waals surface area (Å²) in [6.07, 6.45) is 3.67. The number of hydrogen-bond acceptors (Lipinski definition) is 2. The van der Waals surface area contributed by atoms with Gasteiger partial charge in [0.15, 0.2) is 5.11 Å². The molecule has 0 bridgehead atoms. The third-order valence-corrected chi connectivity index (χ3v) is 4.72. The fourth-order valence-electron chi connectivity index (χ4n) is 2.74. The third kappa shape index (κ3) is 4.90. The molecule has 3 aromatic rings. The highest BCUT2D eigenvalue weighted by Crippen LogP contribution is 2.17. The molecule has 4 heteroatoms. The Balaban J connectivity index is 1.78. The van der Waals surface area contributed by atoms with Crippen molar-refractivity contribution in [2.75, 3.05) is 5.32 Å². The van der Waals surface area contributed by atoms with Crippen LogP contribution in [0, 0.1) is 13.8 Å². The van der Waals surface area contributed by atoms with Crippen LogP contribution in [0.3, 0.4) is 0 Å². The van der Waals surface area contributed by atoms with Crippen molar-refractivity contribution in [2.45, 2.75) is 26.9 Å². The summed E-state index contributed by atoms with van der Waals surface area (Å²) < 4.78 is 0. The Hall–Kier alpha value is -2.72. The van der Waals surface area contributed by atoms with E-state index in [9.17, 15) is 0 Å². The van der Waals surface area contributed by atoms with E-state index in [0.717, 1.165) is 17.8 Å². The number of benzene rings is 2. The number of nitrogens with zero attached hydrogens (tertiary/aromatic N) is 2. The zero-order valence-electron chi connectivity index (χ0n) is 15.1. The Morgan fingerprint density at radius 2 is 1.65 bits per heavy atom. The minimum atomic E-state index is 0.708. The summed E-state index contributed by atoms with van der Waals surface area (Å²) in [5, 5.41) is 4.10. The molecule has 0 spiro atoms. The van der Waals surface area contributed by atoms with E-state index >= 15 is 0 Å². The highest BCUT2D eigenvalue weighted by Gasteiger charge is 2.12. The predicted molar refractivity (Wildman–Crippen MR) is 112 cm³/mol. The number of nitrogens with one attached hydrogen (secondary N) is 1. The van der Waals surface area contributed by atoms with Gasteiger partial charge in [0.2, 0.25) is 0 Å². The van der Waals surface area contributed by atoms with Gasteiger partial charge in [0, 0.05) is 31.2 Å². The molecule has 0 saturated heterocycles. The van der Waals surface area contributed by atoms with Gasteiger partial charge in [-0.15, -0.1) is 0 Å². The van der Waals surface area contributed by atoms with Crippen LogP contribution in [0.1, 0.15) is 22.3 Å². The molecule has 0 saturated carbocycles. The SMILES string of the molecule is Cc1ccc(NC(=S)N(Cc2ccccc2)Cc2cccnc2)cc1C. The normalized spacial score (nSPS) is 10.4. The Kier molecular flexibility index (Phi) is 5.97. The van der Waals surface area contributed by atoms with Crippen molar-refractivity contribution in [3.63, 3.8) is 0 Å². The van der Waals surface area contributed by atoms with Crippen molar-refractivity contribution in [1.29, 1.82) is 0 Å². The van der Waals surface area contributed by atoms with Gasteiger partial charge in [0.1, 0.15) is 0 Å². The zero-order chi connectivity index (χ0) is 18.4. The molecule has 1 aromatic heterocycles. The van der Waals surface area contributed by atoms with E-state index in [1.807, 2.05) is 18.3 Å². The number of thiocarbonyl (C=S) groups is 1. The Morgan fingerprint density at radius 3 is 2.35 bits per heavy atom. The zero-order valence-corrected chi connectivity index (χ0v) is 16.0. The van der Waals surface area contributed by atoms with E-state index in [4.69, 9.17) is 12.2 Å². The number of aryl methyl sites for hydroxylation is 2. The fourth-order valence-corrected chi connectivity index (χ4v) is 2.98. The molecule has 26 heavy (non-hydrogen) atoms. The van der Waals surface area contributed by atoms with E-state index in [1.54, 1.807) is 6.20 Å². The summed E-state index contributed by atoms with van der Waals surface area (Å²) in [5.41, 5.74) is 5.90. The second-order valence-corrected chi connectivity index (χ2v) is 6.82. The number of hydrogen-bond donors (Lipinski definition) is 1. The van der Waals surface area contributed by atoms with Crippen molar-refractivity contribution < 1.29 is 0 Å². The maximum Gasteiger partial charge on any atom is 0.174 e. The van der Waals surface area contributed by atoms with Gasteiger partial charge in [-0.2, -0.15) is 0 Å². The van der Waals surface area contributed by atoms with Gasteiger partial charge in [-0.25, -0.2) is 0 Å². The van der Waals surface area contributed by atoms with Crippen LogP contribution in [-0.2, 0) is 13.1 Å². The average Bonchev–Trinajstić information content (AvgIpc) is 2.66. The van der Waals surface area contributed by atoms with Gasteiger partial charge in [-0.3, -0.25) is 4.98 Å². The van der Waals surface area contributed by atoms with E-state index in [0.29, 0.717) is 11.7 Å². The molecular formula is C22H23N3S. The quantitative estimate of drug-likeness (QED) is 0.640. The van der Waals surface area contributed by atoms with Gasteiger partial charge < -0.3 is 10.2 Å². The van der Waals surface area contributed by atoms with Gasteiger partial charge in [-0.1, -0.05) is 42.5 Å². The molecule has 0 atom stereocenters. The molecule has 0 unspecified atom stereocenters. The smallest absolute Gasteiger partial charge is 0.174 e. The predicted octanol–water partition coefficient (Wildman–Crippen LogP) is 5.10. The van der Waals surface area contributed by atoms with Crippen LogP contribution in [0.5, 0.6) is 0 Å². The van der Waals surface area contributed by atoms with Crippen LogP contribution in [0.2, 0.25) is 0 Å². The molecule has 3 nitrogen and oxygen atoms in total. The van der Waals surface area contributed by atoms with Crippen molar-refractivity contribution in [3.8, 4) is 0 Å². The van der Waals surface area contributed by atoms with E-state index in [1.165, 1.54) is 16.7 Å². The Labute approximate surface area is 160 Å². The molecule has 1 heterocycles. The first-order valence-corrected chi connectivity index (χ1v) is 9.08. The molecule has 0 aliphatic heterocycles. The fraction of sp³-hybridized carbons (Fsp3) is 0.182. The Bertz CT molecular complexity index is 822. The first-order valence-electron chi connectivity index (χ1n) is 8.68. The highest BCUT2D eigenvalue weighted by molar-refractivity contribution is 7.80. The van der Waals surface area contributed by atoms with E-state index < -0.39 is 0 Å². The van der Waals surface area contributed by atoms with E-state index in [-0.39, 0.29) is 0 Å². The number of pyridine rings is 1. The summed E-state index contributed by atoms with van der Waals surface area (Å²) >= 11 is 5.73. The topological polar surface area (TPSA) is 28.2 Å². The van der Waals surface area contributed by atoms with Crippen LogP contribution >= 0.6 is 12.2 Å². The molecular weight excluding hydrogens is 338 g/mol. The molecule has 0 fully saturated rings. The van der Waals surface area contributed by atoms with Crippen LogP contribution in [-0.4, -0.2) is 15.0 Å². The lowest BCUT2D eigenvalue weighted by Crippen LogP contribution is -2.33. The van der Waals surface area contributed by atoms with Crippen molar-refractivity contribution in [3.05, 3.63) is 95.3 Å². The van der Waals surface area contributed by atoms with E-state index in [2.05, 4.69) is 77.6 Å². The standard InChI is InChI=1S/C22H23N3S/c1-17-10-11-21(13-18(17)2)24-22(26)25(15-19-7-4-3-5-8-19)16-20-9-6-12-23-14-20/h3-14H,15-16H2,1-2H3,(H,24,26). The van der Waals surface area contributed by atoms with Crippen molar-refractivity contribution in [1.82, 2.24) is 9.88 Å². The maximum atomic E-state index is 5.73. The lowest BCUT2D eigenvalue weighted by Gasteiger charge is -2.26. The maximum absolute atomic E-state index is 5.73. The molecule has 2 aromatic carbocycles. The van der Waals surface area contributed by atoms with Gasteiger partial charge in [0.25, 0.3) is 0 Å². The van der Waals surface area contributed by atoms with Crippen LogP contribution < -0.4 is 5.32 Å². The molecule has 0 amide bonds. The summed E-state index contributed by atoms with van der Waals surface area (Å²) in [7, 11) is 0. The summed E-state index contributed by atoms with van der Waals surface area (Å²) in [6, 6.07) is 20.7. The summed E-state index contributed by atoms with van der Waals surface area (Å²) in [4.78, 5) is 6.38. The van der Waals surface area contributed by atoms with Gasteiger partial charge in [-0.05, 0) is 66.5 Å².